The van der Waals surface area contributed by atoms with Crippen LogP contribution in [0, 0.1) is 11.8 Å². The van der Waals surface area contributed by atoms with E-state index >= 15 is 0 Å². The van der Waals surface area contributed by atoms with E-state index in [2.05, 4.69) is 4.98 Å². The predicted octanol–water partition coefficient (Wildman–Crippen LogP) is 0.533. The standard InChI is InChI=1S/C9H14N2O3/c1-6(2)7(8(12)13)5-11-4-3-10-9(11)14/h3-4,6-7H,5H2,1-2H3,(H,10,14)(H,12,13). The van der Waals surface area contributed by atoms with Gasteiger partial charge in [-0.25, -0.2) is 4.79 Å². The summed E-state index contributed by atoms with van der Waals surface area (Å²) in [5.41, 5.74) is -0.267. The molecule has 1 unspecified atom stereocenters. The van der Waals surface area contributed by atoms with Crippen LogP contribution in [0.1, 0.15) is 13.8 Å². The van der Waals surface area contributed by atoms with E-state index in [1.807, 2.05) is 13.8 Å². The monoisotopic (exact) mass is 198 g/mol. The molecule has 0 amide bonds. The molecular formula is C9H14N2O3. The summed E-state index contributed by atoms with van der Waals surface area (Å²) in [6, 6.07) is 0. The van der Waals surface area contributed by atoms with Gasteiger partial charge >= 0.3 is 11.7 Å². The molecule has 0 fully saturated rings. The van der Waals surface area contributed by atoms with Gasteiger partial charge in [0.1, 0.15) is 0 Å². The van der Waals surface area contributed by atoms with Crippen molar-refractivity contribution in [1.29, 1.82) is 0 Å². The van der Waals surface area contributed by atoms with Crippen LogP contribution in [0.3, 0.4) is 0 Å². The summed E-state index contributed by atoms with van der Waals surface area (Å²) in [7, 11) is 0. The Morgan fingerprint density at radius 1 is 1.64 bits per heavy atom. The van der Waals surface area contributed by atoms with Crippen LogP contribution in [0.25, 0.3) is 0 Å². The summed E-state index contributed by atoms with van der Waals surface area (Å²) in [6.07, 6.45) is 3.06. The van der Waals surface area contributed by atoms with Crippen molar-refractivity contribution in [3.05, 3.63) is 22.9 Å². The molecule has 1 aromatic rings. The van der Waals surface area contributed by atoms with Gasteiger partial charge in [-0.2, -0.15) is 0 Å². The van der Waals surface area contributed by atoms with Crippen molar-refractivity contribution in [3.63, 3.8) is 0 Å². The van der Waals surface area contributed by atoms with Crippen LogP contribution in [-0.2, 0) is 11.3 Å². The van der Waals surface area contributed by atoms with Crippen molar-refractivity contribution < 1.29 is 9.90 Å². The third kappa shape index (κ3) is 2.25. The van der Waals surface area contributed by atoms with Crippen LogP contribution in [0.4, 0.5) is 0 Å². The fourth-order valence-electron chi connectivity index (χ4n) is 1.28. The topological polar surface area (TPSA) is 75.1 Å². The molecule has 5 heteroatoms. The van der Waals surface area contributed by atoms with Crippen molar-refractivity contribution >= 4 is 5.97 Å². The first-order valence-corrected chi connectivity index (χ1v) is 4.49. The van der Waals surface area contributed by atoms with Gasteiger partial charge in [0.25, 0.3) is 0 Å². The molecule has 0 aromatic carbocycles. The van der Waals surface area contributed by atoms with Gasteiger partial charge in [0.05, 0.1) is 5.92 Å². The molecule has 0 aliphatic rings. The van der Waals surface area contributed by atoms with Crippen molar-refractivity contribution in [3.8, 4) is 0 Å². The maximum absolute atomic E-state index is 11.1. The molecule has 1 heterocycles. The molecule has 0 spiro atoms. The summed E-state index contributed by atoms with van der Waals surface area (Å²) in [6.45, 7) is 3.88. The van der Waals surface area contributed by atoms with E-state index in [1.165, 1.54) is 10.8 Å². The van der Waals surface area contributed by atoms with E-state index in [-0.39, 0.29) is 18.2 Å². The molecule has 0 aliphatic carbocycles. The molecule has 1 atom stereocenters. The number of carboxylic acid groups (broad SMARTS) is 1. The zero-order valence-electron chi connectivity index (χ0n) is 8.23. The van der Waals surface area contributed by atoms with E-state index in [1.54, 1.807) is 6.20 Å². The molecule has 14 heavy (non-hydrogen) atoms. The van der Waals surface area contributed by atoms with Crippen LogP contribution < -0.4 is 5.69 Å². The molecule has 0 radical (unpaired) electrons. The lowest BCUT2D eigenvalue weighted by Crippen LogP contribution is -2.29. The Labute approximate surface area is 81.4 Å². The van der Waals surface area contributed by atoms with Crippen LogP contribution in [-0.4, -0.2) is 20.6 Å². The van der Waals surface area contributed by atoms with Gasteiger partial charge in [-0.05, 0) is 5.92 Å². The van der Waals surface area contributed by atoms with Gasteiger partial charge in [-0.3, -0.25) is 9.36 Å². The Morgan fingerprint density at radius 3 is 2.64 bits per heavy atom. The number of rotatable bonds is 4. The minimum absolute atomic E-state index is 0.00861. The summed E-state index contributed by atoms with van der Waals surface area (Å²) >= 11 is 0. The lowest BCUT2D eigenvalue weighted by molar-refractivity contribution is -0.143. The summed E-state index contributed by atoms with van der Waals surface area (Å²) < 4.78 is 1.37. The number of nitrogens with one attached hydrogen (secondary N) is 1. The Balaban J connectivity index is 2.80. The van der Waals surface area contributed by atoms with Crippen molar-refractivity contribution in [2.24, 2.45) is 11.8 Å². The number of carboxylic acids is 1. The average Bonchev–Trinajstić information content (AvgIpc) is 2.46. The van der Waals surface area contributed by atoms with Crippen molar-refractivity contribution in [2.45, 2.75) is 20.4 Å². The molecule has 1 rings (SSSR count). The average molecular weight is 198 g/mol. The number of aromatic nitrogens is 2. The molecule has 0 saturated carbocycles. The highest BCUT2D eigenvalue weighted by Gasteiger charge is 2.22. The number of hydrogen-bond acceptors (Lipinski definition) is 2. The number of carbonyl (C=O) groups is 1. The summed E-state index contributed by atoms with van der Waals surface area (Å²) in [5, 5.41) is 8.91. The van der Waals surface area contributed by atoms with Gasteiger partial charge in [0.2, 0.25) is 0 Å². The van der Waals surface area contributed by atoms with Gasteiger partial charge in [0.15, 0.2) is 0 Å². The lowest BCUT2D eigenvalue weighted by atomic mass is 9.96. The van der Waals surface area contributed by atoms with Gasteiger partial charge < -0.3 is 10.1 Å². The molecule has 78 valence electrons. The molecule has 0 saturated heterocycles. The number of H-pyrrole nitrogens is 1. The first kappa shape index (κ1) is 10.6. The van der Waals surface area contributed by atoms with Crippen LogP contribution in [0.2, 0.25) is 0 Å². The third-order valence-corrected chi connectivity index (χ3v) is 2.24. The summed E-state index contributed by atoms with van der Waals surface area (Å²) in [4.78, 5) is 24.4. The quantitative estimate of drug-likeness (QED) is 0.741. The van der Waals surface area contributed by atoms with E-state index in [4.69, 9.17) is 5.11 Å². The van der Waals surface area contributed by atoms with E-state index in [0.29, 0.717) is 0 Å². The molecular weight excluding hydrogens is 184 g/mol. The molecule has 0 aliphatic heterocycles. The van der Waals surface area contributed by atoms with Crippen molar-refractivity contribution in [1.82, 2.24) is 9.55 Å². The number of nitrogens with zero attached hydrogens (tertiary/aromatic N) is 1. The van der Waals surface area contributed by atoms with Gasteiger partial charge in [-0.1, -0.05) is 13.8 Å². The van der Waals surface area contributed by atoms with Crippen LogP contribution >= 0.6 is 0 Å². The summed E-state index contributed by atoms with van der Waals surface area (Å²) in [5.74, 6) is -1.38. The Kier molecular flexibility index (Phi) is 3.11. The number of aromatic amines is 1. The fourth-order valence-corrected chi connectivity index (χ4v) is 1.28. The second kappa shape index (κ2) is 4.13. The Morgan fingerprint density at radius 2 is 2.29 bits per heavy atom. The first-order valence-electron chi connectivity index (χ1n) is 4.49. The Hall–Kier alpha value is -1.52. The van der Waals surface area contributed by atoms with Crippen molar-refractivity contribution in [2.75, 3.05) is 0 Å². The first-order chi connectivity index (χ1) is 6.52. The molecule has 1 aromatic heterocycles. The van der Waals surface area contributed by atoms with Crippen LogP contribution in [0.15, 0.2) is 17.2 Å². The van der Waals surface area contributed by atoms with Crippen LogP contribution in [0.5, 0.6) is 0 Å². The highest BCUT2D eigenvalue weighted by molar-refractivity contribution is 5.70. The number of imidazole rings is 1. The fraction of sp³-hybridized carbons (Fsp3) is 0.556. The van der Waals surface area contributed by atoms with E-state index in [9.17, 15) is 9.59 Å². The molecule has 2 N–H and O–H groups in total. The van der Waals surface area contributed by atoms with Gasteiger partial charge in [-0.15, -0.1) is 0 Å². The zero-order chi connectivity index (χ0) is 10.7. The minimum Gasteiger partial charge on any atom is -0.481 e. The van der Waals surface area contributed by atoms with Gasteiger partial charge in [0, 0.05) is 18.9 Å². The minimum atomic E-state index is -0.867. The maximum atomic E-state index is 11.1. The highest BCUT2D eigenvalue weighted by atomic mass is 16.4. The number of hydrogen-bond donors (Lipinski definition) is 2. The zero-order valence-corrected chi connectivity index (χ0v) is 8.23. The normalized spacial score (nSPS) is 13.1. The molecule has 0 bridgehead atoms. The SMILES string of the molecule is CC(C)C(Cn1cc[nH]c1=O)C(=O)O. The third-order valence-electron chi connectivity index (χ3n) is 2.24. The van der Waals surface area contributed by atoms with E-state index in [0.717, 1.165) is 0 Å². The largest absolute Gasteiger partial charge is 0.481 e. The second-order valence-electron chi connectivity index (χ2n) is 3.61. The smallest absolute Gasteiger partial charge is 0.325 e. The Bertz CT molecular complexity index is 364. The predicted molar refractivity (Wildman–Crippen MR) is 51.0 cm³/mol. The lowest BCUT2D eigenvalue weighted by Gasteiger charge is -2.15. The molecule has 5 nitrogen and oxygen atoms in total. The van der Waals surface area contributed by atoms with E-state index < -0.39 is 11.9 Å². The number of aliphatic carboxylic acids is 1. The highest BCUT2D eigenvalue weighted by Crippen LogP contribution is 2.12. The second-order valence-corrected chi connectivity index (χ2v) is 3.61. The maximum Gasteiger partial charge on any atom is 0.325 e.